The summed E-state index contributed by atoms with van der Waals surface area (Å²) in [6, 6.07) is 7.64. The van der Waals surface area contributed by atoms with Gasteiger partial charge in [0.1, 0.15) is 0 Å². The Bertz CT molecular complexity index is 667. The first-order chi connectivity index (χ1) is 13.0. The lowest BCUT2D eigenvalue weighted by Gasteiger charge is -2.35. The highest BCUT2D eigenvalue weighted by Gasteiger charge is 2.39. The number of rotatable bonds is 7. The molecule has 0 aliphatic carbocycles. The number of carbonyl (C=O) groups is 2. The fraction of sp³-hybridized carbons (Fsp3) is 0.600. The summed E-state index contributed by atoms with van der Waals surface area (Å²) in [5.74, 6) is -0.247. The summed E-state index contributed by atoms with van der Waals surface area (Å²) in [5, 5.41) is 6.38. The van der Waals surface area contributed by atoms with Crippen molar-refractivity contribution in [3.8, 4) is 0 Å². The topological polar surface area (TPSA) is 96.7 Å². The van der Waals surface area contributed by atoms with E-state index in [2.05, 4.69) is 15.5 Å². The number of nitrogens with zero attached hydrogens (tertiary/aromatic N) is 1. The zero-order valence-corrected chi connectivity index (χ0v) is 16.0. The number of primary amides is 1. The van der Waals surface area contributed by atoms with Crippen molar-refractivity contribution in [1.29, 1.82) is 0 Å². The third-order valence-electron chi connectivity index (χ3n) is 5.73. The van der Waals surface area contributed by atoms with Crippen LogP contribution in [0.3, 0.4) is 0 Å². The molecule has 7 heteroatoms. The zero-order valence-electron chi connectivity index (χ0n) is 16.0. The maximum atomic E-state index is 13.0. The van der Waals surface area contributed by atoms with Gasteiger partial charge >= 0.3 is 0 Å². The molecule has 4 N–H and O–H groups in total. The molecule has 0 radical (unpaired) electrons. The number of ether oxygens (including phenoxy) is 1. The zero-order chi connectivity index (χ0) is 19.3. The molecule has 0 bridgehead atoms. The molecule has 2 amide bonds. The van der Waals surface area contributed by atoms with E-state index in [9.17, 15) is 9.59 Å². The molecule has 3 rings (SSSR count). The Hall–Kier alpha value is -1.96. The van der Waals surface area contributed by atoms with E-state index < -0.39 is 5.41 Å². The lowest BCUT2D eigenvalue weighted by atomic mass is 9.78. The van der Waals surface area contributed by atoms with Crippen LogP contribution in [0.25, 0.3) is 0 Å². The highest BCUT2D eigenvalue weighted by Crippen LogP contribution is 2.31. The lowest BCUT2D eigenvalue weighted by molar-refractivity contribution is -0.130. The molecule has 2 fully saturated rings. The van der Waals surface area contributed by atoms with Gasteiger partial charge in [-0.25, -0.2) is 0 Å². The number of carbonyl (C=O) groups excluding carboxylic acids is 2. The van der Waals surface area contributed by atoms with E-state index in [0.29, 0.717) is 13.2 Å². The number of likely N-dealkylation sites (tertiary alicyclic amines) is 1. The van der Waals surface area contributed by atoms with Gasteiger partial charge in [0.25, 0.3) is 0 Å². The van der Waals surface area contributed by atoms with Gasteiger partial charge in [-0.05, 0) is 63.0 Å². The summed E-state index contributed by atoms with van der Waals surface area (Å²) >= 11 is 0. The summed E-state index contributed by atoms with van der Waals surface area (Å²) in [5.41, 5.74) is 6.87. The van der Waals surface area contributed by atoms with E-state index in [-0.39, 0.29) is 17.9 Å². The number of methoxy groups -OCH3 is 1. The van der Waals surface area contributed by atoms with E-state index in [1.807, 2.05) is 24.3 Å². The first kappa shape index (κ1) is 19.8. The monoisotopic (exact) mass is 374 g/mol. The van der Waals surface area contributed by atoms with Crippen molar-refractivity contribution < 1.29 is 14.3 Å². The summed E-state index contributed by atoms with van der Waals surface area (Å²) in [6.07, 6.45) is 3.33. The largest absolute Gasteiger partial charge is 0.384 e. The standard InChI is InChI=1S/C20H30N4O3/c1-27-14-20(7-9-22-10-8-20)19(26)23-16-5-2-4-15(12-16)13-24-11-3-6-17(24)18(21)25/h2,4-5,12,17,22H,3,6-11,13-14H2,1H3,(H2,21,25)(H,23,26). The molecule has 1 atom stereocenters. The van der Waals surface area contributed by atoms with Gasteiger partial charge in [-0.3, -0.25) is 14.5 Å². The van der Waals surface area contributed by atoms with Crippen molar-refractivity contribution in [3.05, 3.63) is 29.8 Å². The highest BCUT2D eigenvalue weighted by atomic mass is 16.5. The van der Waals surface area contributed by atoms with Crippen LogP contribution in [0.5, 0.6) is 0 Å². The Labute approximate surface area is 160 Å². The molecule has 148 valence electrons. The molecule has 2 aliphatic heterocycles. The number of hydrogen-bond acceptors (Lipinski definition) is 5. The maximum absolute atomic E-state index is 13.0. The second kappa shape index (κ2) is 8.82. The molecule has 27 heavy (non-hydrogen) atoms. The number of amides is 2. The Kier molecular flexibility index (Phi) is 6.46. The van der Waals surface area contributed by atoms with Crippen LogP contribution < -0.4 is 16.4 Å². The van der Waals surface area contributed by atoms with Crippen LogP contribution in [0.15, 0.2) is 24.3 Å². The second-order valence-corrected chi connectivity index (χ2v) is 7.65. The molecule has 2 saturated heterocycles. The van der Waals surface area contributed by atoms with Gasteiger partial charge < -0.3 is 21.1 Å². The van der Waals surface area contributed by atoms with Gasteiger partial charge in [0, 0.05) is 19.3 Å². The predicted molar refractivity (Wildman–Crippen MR) is 104 cm³/mol. The smallest absolute Gasteiger partial charge is 0.234 e. The van der Waals surface area contributed by atoms with E-state index in [4.69, 9.17) is 10.5 Å². The van der Waals surface area contributed by atoms with Gasteiger partial charge in [0.15, 0.2) is 0 Å². The van der Waals surface area contributed by atoms with Crippen LogP contribution in [0, 0.1) is 5.41 Å². The third kappa shape index (κ3) is 4.66. The van der Waals surface area contributed by atoms with E-state index in [1.165, 1.54) is 0 Å². The number of piperidine rings is 1. The van der Waals surface area contributed by atoms with Crippen LogP contribution in [-0.4, -0.2) is 56.1 Å². The second-order valence-electron chi connectivity index (χ2n) is 7.65. The Morgan fingerprint density at radius 2 is 2.15 bits per heavy atom. The fourth-order valence-electron chi connectivity index (χ4n) is 4.20. The summed E-state index contributed by atoms with van der Waals surface area (Å²) in [6.45, 7) is 3.59. The molecule has 0 saturated carbocycles. The molecule has 2 aliphatic rings. The van der Waals surface area contributed by atoms with Crippen LogP contribution in [0.1, 0.15) is 31.2 Å². The molecular weight excluding hydrogens is 344 g/mol. The quantitative estimate of drug-likeness (QED) is 0.664. The molecule has 0 aromatic heterocycles. The average Bonchev–Trinajstić information content (AvgIpc) is 3.11. The lowest BCUT2D eigenvalue weighted by Crippen LogP contribution is -2.47. The van der Waals surface area contributed by atoms with Crippen LogP contribution in [-0.2, 0) is 20.9 Å². The van der Waals surface area contributed by atoms with Crippen LogP contribution in [0.2, 0.25) is 0 Å². The minimum Gasteiger partial charge on any atom is -0.384 e. The Morgan fingerprint density at radius 3 is 2.85 bits per heavy atom. The molecular formula is C20H30N4O3. The summed E-state index contributed by atoms with van der Waals surface area (Å²) in [4.78, 5) is 26.7. The van der Waals surface area contributed by atoms with Crippen LogP contribution >= 0.6 is 0 Å². The van der Waals surface area contributed by atoms with Crippen molar-refractivity contribution >= 4 is 17.5 Å². The number of anilines is 1. The minimum absolute atomic E-state index is 0.0131. The van der Waals surface area contributed by atoms with E-state index in [1.54, 1.807) is 7.11 Å². The average molecular weight is 374 g/mol. The summed E-state index contributed by atoms with van der Waals surface area (Å²) < 4.78 is 5.35. The number of nitrogens with two attached hydrogens (primary N) is 1. The number of nitrogens with one attached hydrogen (secondary N) is 2. The van der Waals surface area contributed by atoms with E-state index in [0.717, 1.165) is 56.6 Å². The number of benzene rings is 1. The minimum atomic E-state index is -0.484. The van der Waals surface area contributed by atoms with Crippen molar-refractivity contribution in [2.24, 2.45) is 11.1 Å². The molecule has 2 heterocycles. The molecule has 1 aromatic rings. The Morgan fingerprint density at radius 1 is 1.37 bits per heavy atom. The highest BCUT2D eigenvalue weighted by molar-refractivity contribution is 5.95. The van der Waals surface area contributed by atoms with Crippen molar-refractivity contribution in [3.63, 3.8) is 0 Å². The SMILES string of the molecule is COCC1(C(=O)Nc2cccc(CN3CCCC3C(N)=O)c2)CCNCC1. The summed E-state index contributed by atoms with van der Waals surface area (Å²) in [7, 11) is 1.64. The van der Waals surface area contributed by atoms with Gasteiger partial charge in [-0.1, -0.05) is 12.1 Å². The predicted octanol–water partition coefficient (Wildman–Crippen LogP) is 1.09. The molecule has 0 spiro atoms. The van der Waals surface area contributed by atoms with Crippen molar-refractivity contribution in [2.45, 2.75) is 38.3 Å². The molecule has 1 unspecified atom stereocenters. The normalized spacial score (nSPS) is 22.5. The van der Waals surface area contributed by atoms with E-state index >= 15 is 0 Å². The third-order valence-corrected chi connectivity index (χ3v) is 5.73. The van der Waals surface area contributed by atoms with Gasteiger partial charge in [0.2, 0.25) is 11.8 Å². The maximum Gasteiger partial charge on any atom is 0.234 e. The number of hydrogen-bond donors (Lipinski definition) is 3. The first-order valence-electron chi connectivity index (χ1n) is 9.67. The fourth-order valence-corrected chi connectivity index (χ4v) is 4.20. The Balaban J connectivity index is 1.68. The van der Waals surface area contributed by atoms with Crippen LogP contribution in [0.4, 0.5) is 5.69 Å². The van der Waals surface area contributed by atoms with Crippen molar-refractivity contribution in [2.75, 3.05) is 38.7 Å². The molecule has 1 aromatic carbocycles. The van der Waals surface area contributed by atoms with Gasteiger partial charge in [-0.2, -0.15) is 0 Å². The van der Waals surface area contributed by atoms with Gasteiger partial charge in [0.05, 0.1) is 18.1 Å². The van der Waals surface area contributed by atoms with Crippen molar-refractivity contribution in [1.82, 2.24) is 10.2 Å². The van der Waals surface area contributed by atoms with Gasteiger partial charge in [-0.15, -0.1) is 0 Å². The first-order valence-corrected chi connectivity index (χ1v) is 9.67. The molecule has 7 nitrogen and oxygen atoms in total.